The van der Waals surface area contributed by atoms with Crippen LogP contribution < -0.4 is 0 Å². The molecule has 0 aliphatic heterocycles. The molecule has 0 aromatic heterocycles. The summed E-state index contributed by atoms with van der Waals surface area (Å²) in [5.41, 5.74) is -5.45. The summed E-state index contributed by atoms with van der Waals surface area (Å²) >= 11 is 5.58. The Morgan fingerprint density at radius 3 is 2.48 bits per heavy atom. The zero-order valence-electron chi connectivity index (χ0n) is 18.6. The molecule has 7 heteroatoms. The molecule has 4 nitrogen and oxygen atoms in total. The number of carbonyl (C=O) groups is 2. The number of aliphatic hydroxyl groups is 1. The third-order valence-electron chi connectivity index (χ3n) is 9.00. The predicted molar refractivity (Wildman–Crippen MR) is 116 cm³/mol. The first-order valence-corrected chi connectivity index (χ1v) is 11.3. The average molecular weight is 453 g/mol. The minimum atomic E-state index is -2.15. The van der Waals surface area contributed by atoms with E-state index in [0.29, 0.717) is 11.3 Å². The molecule has 9 atom stereocenters. The van der Waals surface area contributed by atoms with Crippen molar-refractivity contribution < 1.29 is 28.2 Å². The highest BCUT2D eigenvalue weighted by atomic mass is 32.1. The van der Waals surface area contributed by atoms with E-state index in [1.807, 2.05) is 13.8 Å². The number of rotatable bonds is 2. The van der Waals surface area contributed by atoms with Crippen LogP contribution in [0.3, 0.4) is 0 Å². The fourth-order valence-corrected chi connectivity index (χ4v) is 8.27. The first kappa shape index (κ1) is 22.7. The number of hydrogen-bond donors (Lipinski definition) is 1. The Balaban J connectivity index is 1.89. The van der Waals surface area contributed by atoms with Crippen molar-refractivity contribution in [2.24, 2.45) is 28.6 Å². The second-order valence-corrected chi connectivity index (χ2v) is 11.0. The fraction of sp³-hybridized carbons (Fsp3) is 0.708. The van der Waals surface area contributed by atoms with Crippen molar-refractivity contribution in [1.29, 1.82) is 0 Å². The number of esters is 1. The van der Waals surface area contributed by atoms with Gasteiger partial charge >= 0.3 is 5.97 Å². The topological polar surface area (TPSA) is 63.6 Å². The van der Waals surface area contributed by atoms with E-state index in [2.05, 4.69) is 0 Å². The first-order valence-electron chi connectivity index (χ1n) is 10.9. The van der Waals surface area contributed by atoms with Gasteiger partial charge in [-0.3, -0.25) is 9.59 Å². The maximum atomic E-state index is 17.1. The van der Waals surface area contributed by atoms with Crippen LogP contribution in [0.15, 0.2) is 23.8 Å². The molecule has 0 aromatic carbocycles. The zero-order valence-corrected chi connectivity index (χ0v) is 19.4. The van der Waals surface area contributed by atoms with Crippen LogP contribution in [0.1, 0.15) is 53.9 Å². The average Bonchev–Trinajstić information content (AvgIpc) is 2.87. The maximum Gasteiger partial charge on any atom is 0.303 e. The van der Waals surface area contributed by atoms with Crippen molar-refractivity contribution in [3.05, 3.63) is 23.8 Å². The van der Waals surface area contributed by atoms with Gasteiger partial charge < -0.3 is 9.84 Å². The molecule has 31 heavy (non-hydrogen) atoms. The number of halogens is 2. The molecule has 0 bridgehead atoms. The summed E-state index contributed by atoms with van der Waals surface area (Å²) in [6, 6.07) is 0. The molecule has 0 spiro atoms. The maximum absolute atomic E-state index is 17.1. The van der Waals surface area contributed by atoms with E-state index in [1.165, 1.54) is 25.2 Å². The Hall–Kier alpha value is -1.47. The summed E-state index contributed by atoms with van der Waals surface area (Å²) in [6.45, 7) is 8.44. The number of ether oxygens (including phenoxy) is 1. The van der Waals surface area contributed by atoms with E-state index in [4.69, 9.17) is 17.0 Å². The van der Waals surface area contributed by atoms with Gasteiger partial charge in [0.1, 0.15) is 6.17 Å². The van der Waals surface area contributed by atoms with Crippen molar-refractivity contribution in [2.45, 2.75) is 77.4 Å². The normalized spacial score (nSPS) is 50.8. The smallest absolute Gasteiger partial charge is 0.303 e. The molecular formula is C24H30F2O4S. The summed E-state index contributed by atoms with van der Waals surface area (Å²) in [4.78, 5) is 24.5. The molecule has 170 valence electrons. The van der Waals surface area contributed by atoms with E-state index >= 15 is 8.78 Å². The molecule has 4 rings (SSSR count). The molecule has 0 unspecified atom stereocenters. The van der Waals surface area contributed by atoms with Gasteiger partial charge in [-0.25, -0.2) is 8.78 Å². The SMILES string of the molecule is CC(=O)O[C@]1(C(C)=S)[C@@H](C)C[C@H]2[C@@H]3C[C@H](F)C4=CC(=O)C=C[C@]4(C)[C@@]3(F)[C@@H](O)C[C@@]21C. The Morgan fingerprint density at radius 1 is 1.26 bits per heavy atom. The van der Waals surface area contributed by atoms with Gasteiger partial charge in [0.2, 0.25) is 0 Å². The quantitative estimate of drug-likeness (QED) is 0.502. The van der Waals surface area contributed by atoms with Crippen molar-refractivity contribution in [3.8, 4) is 0 Å². The number of alkyl halides is 2. The van der Waals surface area contributed by atoms with Crippen molar-refractivity contribution in [2.75, 3.05) is 0 Å². The van der Waals surface area contributed by atoms with Crippen LogP contribution in [0, 0.1) is 28.6 Å². The third kappa shape index (κ3) is 2.56. The minimum absolute atomic E-state index is 0.0257. The lowest BCUT2D eigenvalue weighted by Gasteiger charge is -2.63. The molecule has 4 aliphatic carbocycles. The highest BCUT2D eigenvalue weighted by Gasteiger charge is 2.76. The lowest BCUT2D eigenvalue weighted by Crippen LogP contribution is -2.70. The highest BCUT2D eigenvalue weighted by Crippen LogP contribution is 2.71. The molecule has 0 amide bonds. The van der Waals surface area contributed by atoms with Gasteiger partial charge in [0, 0.05) is 34.5 Å². The Morgan fingerprint density at radius 2 is 1.90 bits per heavy atom. The first-order chi connectivity index (χ1) is 14.3. The molecule has 3 fully saturated rings. The summed E-state index contributed by atoms with van der Waals surface area (Å²) in [6.07, 6.45) is 1.35. The van der Waals surface area contributed by atoms with E-state index in [0.717, 1.165) is 0 Å². The van der Waals surface area contributed by atoms with E-state index in [1.54, 1.807) is 13.8 Å². The summed E-state index contributed by atoms with van der Waals surface area (Å²) in [5, 5.41) is 11.3. The molecule has 1 N–H and O–H groups in total. The molecule has 0 heterocycles. The van der Waals surface area contributed by atoms with Crippen LogP contribution >= 0.6 is 12.2 Å². The molecule has 0 radical (unpaired) electrons. The summed E-state index contributed by atoms with van der Waals surface area (Å²) in [5.74, 6) is -2.22. The van der Waals surface area contributed by atoms with Gasteiger partial charge in [-0.15, -0.1) is 0 Å². The van der Waals surface area contributed by atoms with Gasteiger partial charge in [-0.1, -0.05) is 32.1 Å². The van der Waals surface area contributed by atoms with Crippen LogP contribution in [0.5, 0.6) is 0 Å². The van der Waals surface area contributed by atoms with Crippen LogP contribution in [0.2, 0.25) is 0 Å². The second-order valence-electron chi connectivity index (χ2n) is 10.4. The Kier molecular flexibility index (Phi) is 4.96. The summed E-state index contributed by atoms with van der Waals surface area (Å²) < 4.78 is 38.5. The molecule has 0 saturated heterocycles. The van der Waals surface area contributed by atoms with Crippen LogP contribution in [-0.4, -0.2) is 45.3 Å². The van der Waals surface area contributed by atoms with Gasteiger partial charge in [0.05, 0.1) is 6.10 Å². The van der Waals surface area contributed by atoms with E-state index in [9.17, 15) is 14.7 Å². The third-order valence-corrected chi connectivity index (χ3v) is 9.30. The van der Waals surface area contributed by atoms with Crippen LogP contribution in [0.4, 0.5) is 8.78 Å². The standard InChI is InChI=1S/C24H30F2O4S/c1-12-8-16-17-10-19(25)18-9-15(28)6-7-21(18,4)23(17,26)20(29)11-22(16,5)24(12,13(2)31)30-14(3)27/h6-7,9,12,16-17,19-20,29H,8,10-11H2,1-5H3/t12-,16-,17-,19-,20-,21-,22-,23-,24-/m0/s1. The minimum Gasteiger partial charge on any atom is -0.453 e. The number of hydrogen-bond acceptors (Lipinski definition) is 5. The van der Waals surface area contributed by atoms with Gasteiger partial charge in [-0.2, -0.15) is 0 Å². The number of carbonyl (C=O) groups excluding carboxylic acids is 2. The number of ketones is 1. The van der Waals surface area contributed by atoms with Crippen molar-refractivity contribution >= 4 is 28.8 Å². The van der Waals surface area contributed by atoms with Crippen LogP contribution in [-0.2, 0) is 14.3 Å². The lowest BCUT2D eigenvalue weighted by atomic mass is 9.44. The van der Waals surface area contributed by atoms with E-state index in [-0.39, 0.29) is 36.0 Å². The number of fused-ring (bicyclic) bond motifs is 5. The fourth-order valence-electron chi connectivity index (χ4n) is 7.79. The monoisotopic (exact) mass is 452 g/mol. The lowest BCUT2D eigenvalue weighted by molar-refractivity contribution is -0.220. The highest BCUT2D eigenvalue weighted by molar-refractivity contribution is 7.80. The largest absolute Gasteiger partial charge is 0.453 e. The molecule has 3 saturated carbocycles. The molecule has 4 aliphatic rings. The van der Waals surface area contributed by atoms with Crippen molar-refractivity contribution in [1.82, 2.24) is 0 Å². The summed E-state index contributed by atoms with van der Waals surface area (Å²) in [7, 11) is 0. The molecular weight excluding hydrogens is 422 g/mol. The van der Waals surface area contributed by atoms with Crippen LogP contribution in [0.25, 0.3) is 0 Å². The predicted octanol–water partition coefficient (Wildman–Crippen LogP) is 4.24. The Labute approximate surface area is 187 Å². The number of thiocarbonyl (C=S) groups is 1. The zero-order chi connectivity index (χ0) is 23.1. The van der Waals surface area contributed by atoms with Crippen molar-refractivity contribution in [3.63, 3.8) is 0 Å². The Bertz CT molecular complexity index is 931. The second kappa shape index (κ2) is 6.77. The van der Waals surface area contributed by atoms with Gasteiger partial charge in [0.15, 0.2) is 17.1 Å². The van der Waals surface area contributed by atoms with Gasteiger partial charge in [-0.05, 0) is 56.8 Å². The number of aliphatic hydroxyl groups excluding tert-OH is 1. The molecule has 0 aromatic rings. The van der Waals surface area contributed by atoms with E-state index < -0.39 is 46.3 Å². The van der Waals surface area contributed by atoms with Gasteiger partial charge in [0.25, 0.3) is 0 Å². The number of allylic oxidation sites excluding steroid dienone is 4.